The van der Waals surface area contributed by atoms with Crippen LogP contribution in [-0.4, -0.2) is 30.1 Å². The van der Waals surface area contributed by atoms with Crippen LogP contribution in [-0.2, 0) is 6.54 Å². The van der Waals surface area contributed by atoms with Gasteiger partial charge in [0.25, 0.3) is 0 Å². The lowest BCUT2D eigenvalue weighted by Crippen LogP contribution is -2.43. The number of pyridine rings is 1. The Hall–Kier alpha value is -2.08. The molecule has 1 aliphatic rings. The largest absolute Gasteiger partial charge is 0.354 e. The van der Waals surface area contributed by atoms with E-state index in [4.69, 9.17) is 0 Å². The minimum Gasteiger partial charge on any atom is -0.354 e. The number of hydrogen-bond acceptors (Lipinski definition) is 4. The van der Waals surface area contributed by atoms with Gasteiger partial charge in [0, 0.05) is 30.2 Å². The van der Waals surface area contributed by atoms with Gasteiger partial charge in [-0.25, -0.2) is 9.78 Å². The van der Waals surface area contributed by atoms with Crippen molar-refractivity contribution in [3.8, 4) is 0 Å². The van der Waals surface area contributed by atoms with Crippen LogP contribution in [0.2, 0.25) is 0 Å². The van der Waals surface area contributed by atoms with Crippen molar-refractivity contribution in [3.05, 3.63) is 46.8 Å². The van der Waals surface area contributed by atoms with Crippen molar-refractivity contribution in [2.45, 2.75) is 19.0 Å². The molecule has 3 heterocycles. The van der Waals surface area contributed by atoms with Crippen molar-refractivity contribution in [1.82, 2.24) is 15.6 Å². The summed E-state index contributed by atoms with van der Waals surface area (Å²) in [6.07, 6.45) is 2.74. The van der Waals surface area contributed by atoms with Gasteiger partial charge in [-0.2, -0.15) is 0 Å². The minimum atomic E-state index is -0.101. The van der Waals surface area contributed by atoms with Crippen molar-refractivity contribution < 1.29 is 4.79 Å². The highest BCUT2D eigenvalue weighted by molar-refractivity contribution is 7.09. The van der Waals surface area contributed by atoms with Crippen LogP contribution in [0.1, 0.15) is 11.3 Å². The van der Waals surface area contributed by atoms with Gasteiger partial charge in [-0.05, 0) is 30.0 Å². The summed E-state index contributed by atoms with van der Waals surface area (Å²) in [5.41, 5.74) is 0. The Morgan fingerprint density at radius 1 is 1.38 bits per heavy atom. The van der Waals surface area contributed by atoms with Crippen LogP contribution in [0.4, 0.5) is 10.6 Å². The summed E-state index contributed by atoms with van der Waals surface area (Å²) in [5, 5.41) is 7.93. The molecule has 6 heteroatoms. The molecular formula is C15H18N4OS. The van der Waals surface area contributed by atoms with Gasteiger partial charge >= 0.3 is 6.03 Å². The normalized spacial score (nSPS) is 17.7. The Kier molecular flexibility index (Phi) is 4.35. The molecule has 2 amide bonds. The maximum absolute atomic E-state index is 11.9. The molecule has 2 aromatic heterocycles. The highest BCUT2D eigenvalue weighted by Crippen LogP contribution is 2.17. The zero-order chi connectivity index (χ0) is 14.5. The van der Waals surface area contributed by atoms with Gasteiger partial charge in [-0.1, -0.05) is 12.1 Å². The van der Waals surface area contributed by atoms with Gasteiger partial charge in [-0.3, -0.25) is 0 Å². The third-order valence-electron chi connectivity index (χ3n) is 3.50. The monoisotopic (exact) mass is 302 g/mol. The third-order valence-corrected chi connectivity index (χ3v) is 4.38. The number of carbonyl (C=O) groups is 1. The van der Waals surface area contributed by atoms with Gasteiger partial charge in [0.2, 0.25) is 0 Å². The maximum atomic E-state index is 11.9. The Morgan fingerprint density at radius 3 is 3.10 bits per heavy atom. The number of urea groups is 1. The number of nitrogens with one attached hydrogen (secondary N) is 2. The second kappa shape index (κ2) is 6.58. The summed E-state index contributed by atoms with van der Waals surface area (Å²) in [4.78, 5) is 19.6. The van der Waals surface area contributed by atoms with E-state index in [0.29, 0.717) is 6.54 Å². The average Bonchev–Trinajstić information content (AvgIpc) is 3.17. The van der Waals surface area contributed by atoms with Crippen molar-refractivity contribution in [2.24, 2.45) is 0 Å². The van der Waals surface area contributed by atoms with E-state index >= 15 is 0 Å². The molecule has 2 aromatic rings. The van der Waals surface area contributed by atoms with Crippen LogP contribution in [0.5, 0.6) is 0 Å². The molecule has 0 unspecified atom stereocenters. The molecule has 0 bridgehead atoms. The number of anilines is 1. The molecule has 1 aliphatic heterocycles. The van der Waals surface area contributed by atoms with Crippen LogP contribution in [0, 0.1) is 0 Å². The van der Waals surface area contributed by atoms with Gasteiger partial charge < -0.3 is 15.5 Å². The lowest BCUT2D eigenvalue weighted by atomic mass is 10.3. The predicted molar refractivity (Wildman–Crippen MR) is 84.5 cm³/mol. The standard InChI is InChI=1S/C15H18N4OS/c20-15(17-10-13-4-3-9-21-13)18-12-6-8-19(11-12)14-5-1-2-7-16-14/h1-5,7,9,12H,6,8,10-11H2,(H2,17,18,20)/t12-/m1/s1. The molecule has 0 aromatic carbocycles. The summed E-state index contributed by atoms with van der Waals surface area (Å²) in [5.74, 6) is 0.973. The Labute approximate surface area is 128 Å². The summed E-state index contributed by atoms with van der Waals surface area (Å²) in [6, 6.07) is 9.97. The second-order valence-electron chi connectivity index (χ2n) is 5.03. The van der Waals surface area contributed by atoms with E-state index in [9.17, 15) is 4.79 Å². The molecule has 0 spiro atoms. The fourth-order valence-electron chi connectivity index (χ4n) is 2.44. The molecule has 2 N–H and O–H groups in total. The van der Waals surface area contributed by atoms with E-state index in [1.165, 1.54) is 0 Å². The van der Waals surface area contributed by atoms with Crippen LogP contribution < -0.4 is 15.5 Å². The first-order chi connectivity index (χ1) is 10.3. The molecule has 0 radical (unpaired) electrons. The predicted octanol–water partition coefficient (Wildman–Crippen LogP) is 2.22. The molecule has 1 saturated heterocycles. The summed E-state index contributed by atoms with van der Waals surface area (Å²) >= 11 is 1.65. The highest BCUT2D eigenvalue weighted by Gasteiger charge is 2.24. The minimum absolute atomic E-state index is 0.101. The number of amides is 2. The third kappa shape index (κ3) is 3.72. The molecule has 1 fully saturated rings. The summed E-state index contributed by atoms with van der Waals surface area (Å²) < 4.78 is 0. The zero-order valence-electron chi connectivity index (χ0n) is 11.7. The zero-order valence-corrected chi connectivity index (χ0v) is 12.5. The van der Waals surface area contributed by atoms with Crippen LogP contribution in [0.3, 0.4) is 0 Å². The first-order valence-corrected chi connectivity index (χ1v) is 7.92. The topological polar surface area (TPSA) is 57.3 Å². The van der Waals surface area contributed by atoms with E-state index in [1.807, 2.05) is 35.7 Å². The van der Waals surface area contributed by atoms with Crippen molar-refractivity contribution in [1.29, 1.82) is 0 Å². The van der Waals surface area contributed by atoms with E-state index in [1.54, 1.807) is 17.5 Å². The lowest BCUT2D eigenvalue weighted by Gasteiger charge is -2.17. The first-order valence-electron chi connectivity index (χ1n) is 7.04. The molecule has 5 nitrogen and oxygen atoms in total. The van der Waals surface area contributed by atoms with E-state index in [-0.39, 0.29) is 12.1 Å². The number of thiophene rings is 1. The second-order valence-corrected chi connectivity index (χ2v) is 6.06. The molecule has 1 atom stereocenters. The molecule has 21 heavy (non-hydrogen) atoms. The SMILES string of the molecule is O=C(NCc1cccs1)N[C@@H]1CCN(c2ccccn2)C1. The van der Waals surface area contributed by atoms with Crippen molar-refractivity contribution in [3.63, 3.8) is 0 Å². The number of aromatic nitrogens is 1. The number of rotatable bonds is 4. The van der Waals surface area contributed by atoms with Crippen LogP contribution in [0.25, 0.3) is 0 Å². The van der Waals surface area contributed by atoms with E-state index in [0.717, 1.165) is 30.2 Å². The van der Waals surface area contributed by atoms with Gasteiger partial charge in [0.1, 0.15) is 5.82 Å². The fraction of sp³-hybridized carbons (Fsp3) is 0.333. The van der Waals surface area contributed by atoms with E-state index in [2.05, 4.69) is 20.5 Å². The van der Waals surface area contributed by atoms with Crippen LogP contribution >= 0.6 is 11.3 Å². The van der Waals surface area contributed by atoms with E-state index < -0.39 is 0 Å². The highest BCUT2D eigenvalue weighted by atomic mass is 32.1. The molecular weight excluding hydrogens is 284 g/mol. The first kappa shape index (κ1) is 13.9. The Bertz CT molecular complexity index is 573. The van der Waals surface area contributed by atoms with Gasteiger partial charge in [-0.15, -0.1) is 11.3 Å². The Morgan fingerprint density at radius 2 is 2.33 bits per heavy atom. The molecule has 110 valence electrons. The molecule has 3 rings (SSSR count). The number of carbonyl (C=O) groups excluding carboxylic acids is 1. The fourth-order valence-corrected chi connectivity index (χ4v) is 3.09. The molecule has 0 aliphatic carbocycles. The van der Waals surface area contributed by atoms with Crippen LogP contribution in [0.15, 0.2) is 41.9 Å². The average molecular weight is 302 g/mol. The Balaban J connectivity index is 1.45. The summed E-state index contributed by atoms with van der Waals surface area (Å²) in [6.45, 7) is 2.32. The van der Waals surface area contributed by atoms with Crippen molar-refractivity contribution in [2.75, 3.05) is 18.0 Å². The smallest absolute Gasteiger partial charge is 0.315 e. The number of hydrogen-bond donors (Lipinski definition) is 2. The van der Waals surface area contributed by atoms with Crippen molar-refractivity contribution >= 4 is 23.2 Å². The summed E-state index contributed by atoms with van der Waals surface area (Å²) in [7, 11) is 0. The maximum Gasteiger partial charge on any atom is 0.315 e. The quantitative estimate of drug-likeness (QED) is 0.910. The molecule has 0 saturated carbocycles. The number of nitrogens with zero attached hydrogens (tertiary/aromatic N) is 2. The van der Waals surface area contributed by atoms with Gasteiger partial charge in [0.05, 0.1) is 6.54 Å². The van der Waals surface area contributed by atoms with Gasteiger partial charge in [0.15, 0.2) is 0 Å². The lowest BCUT2D eigenvalue weighted by molar-refractivity contribution is 0.237.